The number of aryl methyl sites for hydroxylation is 1. The molecule has 0 fully saturated rings. The first-order chi connectivity index (χ1) is 9.99. The Kier molecular flexibility index (Phi) is 4.60. The Morgan fingerprint density at radius 2 is 1.71 bits per heavy atom. The molecule has 4 nitrogen and oxygen atoms in total. The minimum Gasteiger partial charge on any atom is -0.480 e. The molecular formula is C16H14ClNO3. The maximum Gasteiger partial charge on any atom is 0.323 e. The molecule has 2 aromatic rings. The van der Waals surface area contributed by atoms with Crippen LogP contribution in [0.1, 0.15) is 15.9 Å². The van der Waals surface area contributed by atoms with Crippen LogP contribution in [0.4, 0.5) is 5.69 Å². The Labute approximate surface area is 127 Å². The molecule has 0 saturated carbocycles. The molecular weight excluding hydrogens is 290 g/mol. The van der Waals surface area contributed by atoms with Crippen LogP contribution in [0.2, 0.25) is 5.02 Å². The molecule has 2 rings (SSSR count). The lowest BCUT2D eigenvalue weighted by molar-refractivity contribution is -0.135. The fraction of sp³-hybridized carbons (Fsp3) is 0.125. The highest BCUT2D eigenvalue weighted by molar-refractivity contribution is 6.34. The van der Waals surface area contributed by atoms with E-state index < -0.39 is 18.4 Å². The standard InChI is InChI=1S/C16H14ClNO3/c1-11-6-8-12(9-7-11)18(10-15(19)20)16(21)13-4-2-3-5-14(13)17/h2-9H,10H2,1H3,(H,19,20). The van der Waals surface area contributed by atoms with Gasteiger partial charge in [0.25, 0.3) is 5.91 Å². The highest BCUT2D eigenvalue weighted by Gasteiger charge is 2.22. The van der Waals surface area contributed by atoms with Gasteiger partial charge in [-0.3, -0.25) is 14.5 Å². The molecule has 21 heavy (non-hydrogen) atoms. The van der Waals surface area contributed by atoms with E-state index in [9.17, 15) is 9.59 Å². The second-order valence-corrected chi connectivity index (χ2v) is 5.01. The largest absolute Gasteiger partial charge is 0.480 e. The van der Waals surface area contributed by atoms with E-state index in [1.807, 2.05) is 19.1 Å². The molecule has 0 aliphatic heterocycles. The number of rotatable bonds is 4. The van der Waals surface area contributed by atoms with E-state index in [0.717, 1.165) is 5.56 Å². The molecule has 2 aromatic carbocycles. The van der Waals surface area contributed by atoms with E-state index in [2.05, 4.69) is 0 Å². The Morgan fingerprint density at radius 3 is 2.29 bits per heavy atom. The van der Waals surface area contributed by atoms with E-state index in [-0.39, 0.29) is 5.56 Å². The second kappa shape index (κ2) is 6.41. The van der Waals surface area contributed by atoms with Gasteiger partial charge in [-0.15, -0.1) is 0 Å². The van der Waals surface area contributed by atoms with Crippen molar-refractivity contribution in [2.75, 3.05) is 11.4 Å². The summed E-state index contributed by atoms with van der Waals surface area (Å²) in [6.45, 7) is 1.49. The van der Waals surface area contributed by atoms with Gasteiger partial charge in [0.2, 0.25) is 0 Å². The van der Waals surface area contributed by atoms with Crippen LogP contribution in [0.5, 0.6) is 0 Å². The average Bonchev–Trinajstić information content (AvgIpc) is 2.45. The Balaban J connectivity index is 2.40. The smallest absolute Gasteiger partial charge is 0.323 e. The fourth-order valence-corrected chi connectivity index (χ4v) is 2.14. The maximum atomic E-state index is 12.6. The number of carboxylic acids is 1. The lowest BCUT2D eigenvalue weighted by atomic mass is 10.1. The third-order valence-corrected chi connectivity index (χ3v) is 3.32. The first-order valence-electron chi connectivity index (χ1n) is 6.34. The Bertz CT molecular complexity index is 667. The predicted octanol–water partition coefficient (Wildman–Crippen LogP) is 3.38. The van der Waals surface area contributed by atoms with Gasteiger partial charge in [0.05, 0.1) is 10.6 Å². The number of halogens is 1. The number of aliphatic carboxylic acids is 1. The van der Waals surface area contributed by atoms with Crippen molar-refractivity contribution < 1.29 is 14.7 Å². The lowest BCUT2D eigenvalue weighted by Crippen LogP contribution is -2.35. The van der Waals surface area contributed by atoms with Crippen molar-refractivity contribution in [3.8, 4) is 0 Å². The number of hydrogen-bond donors (Lipinski definition) is 1. The van der Waals surface area contributed by atoms with Crippen molar-refractivity contribution in [1.82, 2.24) is 0 Å². The summed E-state index contributed by atoms with van der Waals surface area (Å²) in [5.74, 6) is -1.53. The third-order valence-electron chi connectivity index (χ3n) is 2.99. The molecule has 5 heteroatoms. The van der Waals surface area contributed by atoms with Crippen molar-refractivity contribution in [1.29, 1.82) is 0 Å². The molecule has 1 amide bonds. The molecule has 0 aliphatic rings. The number of benzene rings is 2. The van der Waals surface area contributed by atoms with E-state index in [1.165, 1.54) is 4.90 Å². The van der Waals surface area contributed by atoms with Crippen LogP contribution < -0.4 is 4.90 Å². The zero-order valence-corrected chi connectivity index (χ0v) is 12.2. The van der Waals surface area contributed by atoms with Crippen molar-refractivity contribution in [3.05, 3.63) is 64.7 Å². The van der Waals surface area contributed by atoms with Gasteiger partial charge in [0, 0.05) is 5.69 Å². The van der Waals surface area contributed by atoms with Crippen molar-refractivity contribution in [3.63, 3.8) is 0 Å². The molecule has 0 atom stereocenters. The van der Waals surface area contributed by atoms with Crippen molar-refractivity contribution in [2.45, 2.75) is 6.92 Å². The third kappa shape index (κ3) is 3.61. The van der Waals surface area contributed by atoms with Gasteiger partial charge in [0.15, 0.2) is 0 Å². The maximum absolute atomic E-state index is 12.6. The summed E-state index contributed by atoms with van der Waals surface area (Å²) < 4.78 is 0. The SMILES string of the molecule is Cc1ccc(N(CC(=O)O)C(=O)c2ccccc2Cl)cc1. The number of hydrogen-bond acceptors (Lipinski definition) is 2. The summed E-state index contributed by atoms with van der Waals surface area (Å²) in [6, 6.07) is 13.7. The van der Waals surface area contributed by atoms with Crippen LogP contribution in [0.25, 0.3) is 0 Å². The first kappa shape index (κ1) is 15.1. The lowest BCUT2D eigenvalue weighted by Gasteiger charge is -2.21. The van der Waals surface area contributed by atoms with Gasteiger partial charge < -0.3 is 5.11 Å². The molecule has 108 valence electrons. The van der Waals surface area contributed by atoms with Crippen LogP contribution in [0.15, 0.2) is 48.5 Å². The van der Waals surface area contributed by atoms with E-state index >= 15 is 0 Å². The minimum atomic E-state index is -1.09. The molecule has 0 heterocycles. The zero-order chi connectivity index (χ0) is 15.4. The van der Waals surface area contributed by atoms with Gasteiger partial charge in [-0.2, -0.15) is 0 Å². The van der Waals surface area contributed by atoms with E-state index in [4.69, 9.17) is 16.7 Å². The minimum absolute atomic E-state index is 0.279. The number of nitrogens with zero attached hydrogens (tertiary/aromatic N) is 1. The number of carboxylic acid groups (broad SMARTS) is 1. The molecule has 0 unspecified atom stereocenters. The first-order valence-corrected chi connectivity index (χ1v) is 6.71. The van der Waals surface area contributed by atoms with Crippen LogP contribution >= 0.6 is 11.6 Å². The molecule has 0 spiro atoms. The zero-order valence-electron chi connectivity index (χ0n) is 11.4. The van der Waals surface area contributed by atoms with E-state index in [0.29, 0.717) is 10.7 Å². The van der Waals surface area contributed by atoms with Crippen molar-refractivity contribution >= 4 is 29.2 Å². The molecule has 0 saturated heterocycles. The summed E-state index contributed by atoms with van der Waals surface area (Å²) in [7, 11) is 0. The van der Waals surface area contributed by atoms with Crippen LogP contribution in [-0.2, 0) is 4.79 Å². The van der Waals surface area contributed by atoms with Gasteiger partial charge in [0.1, 0.15) is 6.54 Å². The summed E-state index contributed by atoms with van der Waals surface area (Å²) in [5.41, 5.74) is 1.83. The topological polar surface area (TPSA) is 57.6 Å². The fourth-order valence-electron chi connectivity index (χ4n) is 1.92. The summed E-state index contributed by atoms with van der Waals surface area (Å²) in [5, 5.41) is 9.33. The summed E-state index contributed by atoms with van der Waals surface area (Å²) in [6.07, 6.45) is 0. The monoisotopic (exact) mass is 303 g/mol. The number of carbonyl (C=O) groups excluding carboxylic acids is 1. The molecule has 1 N–H and O–H groups in total. The predicted molar refractivity (Wildman–Crippen MR) is 81.9 cm³/mol. The average molecular weight is 304 g/mol. The van der Waals surface area contributed by atoms with Crippen LogP contribution in [0, 0.1) is 6.92 Å². The number of carbonyl (C=O) groups is 2. The Hall–Kier alpha value is -2.33. The number of anilines is 1. The molecule has 0 aliphatic carbocycles. The normalized spacial score (nSPS) is 10.2. The van der Waals surface area contributed by atoms with Gasteiger partial charge in [-0.05, 0) is 31.2 Å². The number of amides is 1. The quantitative estimate of drug-likeness (QED) is 0.942. The summed E-state index contributed by atoms with van der Waals surface area (Å²) >= 11 is 6.02. The second-order valence-electron chi connectivity index (χ2n) is 4.60. The van der Waals surface area contributed by atoms with Crippen LogP contribution in [-0.4, -0.2) is 23.5 Å². The van der Waals surface area contributed by atoms with Gasteiger partial charge in [-0.1, -0.05) is 41.4 Å². The van der Waals surface area contributed by atoms with Gasteiger partial charge in [-0.25, -0.2) is 0 Å². The van der Waals surface area contributed by atoms with Gasteiger partial charge >= 0.3 is 5.97 Å². The molecule has 0 aromatic heterocycles. The Morgan fingerprint density at radius 1 is 1.10 bits per heavy atom. The van der Waals surface area contributed by atoms with E-state index in [1.54, 1.807) is 36.4 Å². The highest BCUT2D eigenvalue weighted by atomic mass is 35.5. The molecule has 0 bridgehead atoms. The van der Waals surface area contributed by atoms with Crippen molar-refractivity contribution in [2.24, 2.45) is 0 Å². The summed E-state index contributed by atoms with van der Waals surface area (Å²) in [4.78, 5) is 24.8. The van der Waals surface area contributed by atoms with Crippen LogP contribution in [0.3, 0.4) is 0 Å². The molecule has 0 radical (unpaired) electrons. The highest BCUT2D eigenvalue weighted by Crippen LogP contribution is 2.22.